The third-order valence-corrected chi connectivity index (χ3v) is 6.56. The summed E-state index contributed by atoms with van der Waals surface area (Å²) in [5.41, 5.74) is 2.91. The molecule has 2 heterocycles. The van der Waals surface area contributed by atoms with Crippen molar-refractivity contribution in [2.45, 2.75) is 37.6 Å². The summed E-state index contributed by atoms with van der Waals surface area (Å²) in [6, 6.07) is 15.1. The molecule has 6 heteroatoms. The van der Waals surface area contributed by atoms with Crippen LogP contribution in [-0.2, 0) is 21.5 Å². The van der Waals surface area contributed by atoms with Crippen molar-refractivity contribution in [3.8, 4) is 0 Å². The van der Waals surface area contributed by atoms with Gasteiger partial charge in [-0.15, -0.1) is 0 Å². The molecule has 4 amide bonds. The van der Waals surface area contributed by atoms with Crippen molar-refractivity contribution in [3.63, 3.8) is 0 Å². The fraction of sp³-hybridized carbons (Fsp3) is 0.348. The standard InChI is InChI=1S/C23H23N3O3/c1-15-11-13-25(19-9-5-3-7-17(15)19)20(27)14-26-21(28)23(24-22(26)29)12-10-16-6-2-4-8-18(16)23/h2-9,15H,10-14H2,1H3,(H,24,29). The molecule has 1 N–H and O–H groups in total. The first-order valence-corrected chi connectivity index (χ1v) is 10.1. The van der Waals surface area contributed by atoms with Crippen LogP contribution < -0.4 is 10.2 Å². The Morgan fingerprint density at radius 1 is 1.14 bits per heavy atom. The molecule has 1 fully saturated rings. The van der Waals surface area contributed by atoms with Crippen LogP contribution in [0.2, 0.25) is 0 Å². The average molecular weight is 389 g/mol. The second kappa shape index (κ2) is 6.44. The predicted octanol–water partition coefficient (Wildman–Crippen LogP) is 2.92. The van der Waals surface area contributed by atoms with E-state index in [-0.39, 0.29) is 18.4 Å². The van der Waals surface area contributed by atoms with Crippen LogP contribution in [0.25, 0.3) is 0 Å². The number of para-hydroxylation sites is 1. The smallest absolute Gasteiger partial charge is 0.319 e. The fourth-order valence-corrected chi connectivity index (χ4v) is 4.96. The van der Waals surface area contributed by atoms with Crippen molar-refractivity contribution in [3.05, 3.63) is 65.2 Å². The van der Waals surface area contributed by atoms with E-state index in [4.69, 9.17) is 0 Å². The first-order chi connectivity index (χ1) is 14.0. The molecule has 2 atom stereocenters. The lowest BCUT2D eigenvalue weighted by Gasteiger charge is -2.33. The van der Waals surface area contributed by atoms with E-state index >= 15 is 0 Å². The number of rotatable bonds is 2. The quantitative estimate of drug-likeness (QED) is 0.803. The highest BCUT2D eigenvalue weighted by Crippen LogP contribution is 2.41. The number of urea groups is 1. The Morgan fingerprint density at radius 3 is 2.76 bits per heavy atom. The molecule has 2 aromatic carbocycles. The summed E-state index contributed by atoms with van der Waals surface area (Å²) in [5, 5.41) is 2.89. The number of aryl methyl sites for hydroxylation is 1. The number of nitrogens with one attached hydrogen (secondary N) is 1. The minimum atomic E-state index is -1.03. The average Bonchev–Trinajstić information content (AvgIpc) is 3.22. The molecule has 5 rings (SSSR count). The summed E-state index contributed by atoms with van der Waals surface area (Å²) in [5.74, 6) is -0.166. The van der Waals surface area contributed by atoms with Gasteiger partial charge in [-0.25, -0.2) is 4.79 Å². The minimum Gasteiger partial charge on any atom is -0.319 e. The van der Waals surface area contributed by atoms with Gasteiger partial charge in [0.25, 0.3) is 5.91 Å². The molecule has 2 aliphatic heterocycles. The van der Waals surface area contributed by atoms with E-state index in [0.717, 1.165) is 40.1 Å². The van der Waals surface area contributed by atoms with Crippen LogP contribution in [0.3, 0.4) is 0 Å². The molecule has 1 saturated heterocycles. The van der Waals surface area contributed by atoms with Crippen LogP contribution in [0.15, 0.2) is 48.5 Å². The highest BCUT2D eigenvalue weighted by molar-refractivity contribution is 6.11. The van der Waals surface area contributed by atoms with Gasteiger partial charge < -0.3 is 10.2 Å². The van der Waals surface area contributed by atoms with Crippen molar-refractivity contribution < 1.29 is 14.4 Å². The van der Waals surface area contributed by atoms with E-state index in [1.165, 1.54) is 0 Å². The summed E-state index contributed by atoms with van der Waals surface area (Å²) in [6.07, 6.45) is 2.13. The van der Waals surface area contributed by atoms with Crippen LogP contribution in [0.5, 0.6) is 0 Å². The van der Waals surface area contributed by atoms with E-state index in [9.17, 15) is 14.4 Å². The number of carbonyl (C=O) groups excluding carboxylic acids is 3. The number of hydrogen-bond acceptors (Lipinski definition) is 3. The first kappa shape index (κ1) is 17.9. The first-order valence-electron chi connectivity index (χ1n) is 10.1. The predicted molar refractivity (Wildman–Crippen MR) is 109 cm³/mol. The molecule has 0 bridgehead atoms. The largest absolute Gasteiger partial charge is 0.325 e. The zero-order chi connectivity index (χ0) is 20.2. The molecular weight excluding hydrogens is 366 g/mol. The fourth-order valence-electron chi connectivity index (χ4n) is 4.96. The molecule has 0 saturated carbocycles. The second-order valence-electron chi connectivity index (χ2n) is 8.18. The Balaban J connectivity index is 1.41. The molecule has 29 heavy (non-hydrogen) atoms. The van der Waals surface area contributed by atoms with Crippen molar-refractivity contribution >= 4 is 23.5 Å². The van der Waals surface area contributed by atoms with E-state index < -0.39 is 11.6 Å². The Labute approximate surface area is 169 Å². The lowest BCUT2D eigenvalue weighted by Crippen LogP contribution is -2.46. The number of carbonyl (C=O) groups is 3. The van der Waals surface area contributed by atoms with E-state index in [0.29, 0.717) is 18.9 Å². The molecular formula is C23H23N3O3. The van der Waals surface area contributed by atoms with Crippen molar-refractivity contribution in [1.29, 1.82) is 0 Å². The van der Waals surface area contributed by atoms with Gasteiger partial charge in [-0.1, -0.05) is 49.4 Å². The van der Waals surface area contributed by atoms with Crippen molar-refractivity contribution in [2.24, 2.45) is 0 Å². The Bertz CT molecular complexity index is 1030. The van der Waals surface area contributed by atoms with Gasteiger partial charge in [0.05, 0.1) is 0 Å². The molecule has 6 nitrogen and oxygen atoms in total. The lowest BCUT2D eigenvalue weighted by atomic mass is 9.91. The van der Waals surface area contributed by atoms with Gasteiger partial charge in [0.15, 0.2) is 0 Å². The van der Waals surface area contributed by atoms with Gasteiger partial charge in [-0.2, -0.15) is 0 Å². The number of nitrogens with zero attached hydrogens (tertiary/aromatic N) is 2. The number of benzene rings is 2. The van der Waals surface area contributed by atoms with Crippen LogP contribution in [-0.4, -0.2) is 35.8 Å². The minimum absolute atomic E-state index is 0.226. The normalized spacial score (nSPS) is 25.2. The van der Waals surface area contributed by atoms with Gasteiger partial charge in [0.1, 0.15) is 12.1 Å². The van der Waals surface area contributed by atoms with E-state index in [2.05, 4.69) is 12.2 Å². The van der Waals surface area contributed by atoms with Crippen LogP contribution in [0.4, 0.5) is 10.5 Å². The zero-order valence-electron chi connectivity index (χ0n) is 16.4. The molecule has 1 spiro atoms. The summed E-state index contributed by atoms with van der Waals surface area (Å²) in [6.45, 7) is 2.51. The number of anilines is 1. The van der Waals surface area contributed by atoms with Gasteiger partial charge >= 0.3 is 6.03 Å². The molecule has 0 radical (unpaired) electrons. The monoisotopic (exact) mass is 389 g/mol. The third kappa shape index (κ3) is 2.58. The Hall–Kier alpha value is -3.15. The second-order valence-corrected chi connectivity index (χ2v) is 8.18. The highest BCUT2D eigenvalue weighted by atomic mass is 16.2. The van der Waals surface area contributed by atoms with Crippen LogP contribution in [0.1, 0.15) is 42.4 Å². The highest BCUT2D eigenvalue weighted by Gasteiger charge is 2.55. The summed E-state index contributed by atoms with van der Waals surface area (Å²) >= 11 is 0. The van der Waals surface area contributed by atoms with Gasteiger partial charge in [0.2, 0.25) is 5.91 Å². The molecule has 0 aromatic heterocycles. The molecule has 1 aliphatic carbocycles. The number of hydrogen-bond donors (Lipinski definition) is 1. The van der Waals surface area contributed by atoms with Gasteiger partial charge in [-0.3, -0.25) is 14.5 Å². The maximum Gasteiger partial charge on any atom is 0.325 e. The number of amides is 4. The maximum absolute atomic E-state index is 13.3. The van der Waals surface area contributed by atoms with Crippen LogP contribution in [0, 0.1) is 0 Å². The summed E-state index contributed by atoms with van der Waals surface area (Å²) < 4.78 is 0. The third-order valence-electron chi connectivity index (χ3n) is 6.56. The molecule has 148 valence electrons. The maximum atomic E-state index is 13.3. The van der Waals surface area contributed by atoms with Gasteiger partial charge in [0, 0.05) is 12.2 Å². The van der Waals surface area contributed by atoms with Crippen LogP contribution >= 0.6 is 0 Å². The van der Waals surface area contributed by atoms with Crippen molar-refractivity contribution in [2.75, 3.05) is 18.0 Å². The number of fused-ring (bicyclic) bond motifs is 3. The topological polar surface area (TPSA) is 69.7 Å². The SMILES string of the molecule is CC1CCN(C(=O)CN2C(=O)NC3(CCc4ccccc43)C2=O)c2ccccc21. The number of imide groups is 1. The zero-order valence-corrected chi connectivity index (χ0v) is 16.4. The van der Waals surface area contributed by atoms with E-state index in [1.54, 1.807) is 4.90 Å². The summed E-state index contributed by atoms with van der Waals surface area (Å²) in [7, 11) is 0. The lowest BCUT2D eigenvalue weighted by molar-refractivity contribution is -0.134. The van der Waals surface area contributed by atoms with Crippen molar-refractivity contribution in [1.82, 2.24) is 10.2 Å². The Morgan fingerprint density at radius 2 is 1.90 bits per heavy atom. The van der Waals surface area contributed by atoms with Gasteiger partial charge in [-0.05, 0) is 47.9 Å². The Kier molecular flexibility index (Phi) is 3.98. The molecule has 3 aliphatic rings. The molecule has 2 unspecified atom stereocenters. The summed E-state index contributed by atoms with van der Waals surface area (Å²) in [4.78, 5) is 41.9. The van der Waals surface area contributed by atoms with E-state index in [1.807, 2.05) is 48.5 Å². The molecule has 2 aromatic rings.